The standard InChI is InChI=1S/C15H22N2OS/c1-11-8-13(3)14(9-12(11)2)19-10-15(18)17-6-4-16-5-7-17/h8-9,16H,4-7,10H2,1-3H3. The van der Waals surface area contributed by atoms with E-state index in [1.165, 1.54) is 21.6 Å². The number of thioether (sulfide) groups is 1. The highest BCUT2D eigenvalue weighted by Crippen LogP contribution is 2.25. The molecule has 4 heteroatoms. The summed E-state index contributed by atoms with van der Waals surface area (Å²) in [6.45, 7) is 9.87. The average Bonchev–Trinajstić information content (AvgIpc) is 2.42. The summed E-state index contributed by atoms with van der Waals surface area (Å²) < 4.78 is 0. The van der Waals surface area contributed by atoms with Gasteiger partial charge in [-0.2, -0.15) is 0 Å². The first-order chi connectivity index (χ1) is 9.08. The van der Waals surface area contributed by atoms with Gasteiger partial charge in [0.15, 0.2) is 0 Å². The normalized spacial score (nSPS) is 15.6. The number of nitrogens with zero attached hydrogens (tertiary/aromatic N) is 1. The fourth-order valence-electron chi connectivity index (χ4n) is 2.23. The van der Waals surface area contributed by atoms with Crippen molar-refractivity contribution in [1.29, 1.82) is 0 Å². The molecule has 0 saturated carbocycles. The summed E-state index contributed by atoms with van der Waals surface area (Å²) in [7, 11) is 0. The zero-order valence-corrected chi connectivity index (χ0v) is 12.8. The van der Waals surface area contributed by atoms with Gasteiger partial charge >= 0.3 is 0 Å². The Morgan fingerprint density at radius 2 is 1.79 bits per heavy atom. The van der Waals surface area contributed by atoms with Gasteiger partial charge in [0, 0.05) is 31.1 Å². The van der Waals surface area contributed by atoms with Crippen LogP contribution in [0, 0.1) is 20.8 Å². The van der Waals surface area contributed by atoms with Crippen molar-refractivity contribution in [2.45, 2.75) is 25.7 Å². The third kappa shape index (κ3) is 3.74. The van der Waals surface area contributed by atoms with Crippen molar-refractivity contribution in [3.8, 4) is 0 Å². The fourth-order valence-corrected chi connectivity index (χ4v) is 3.24. The molecule has 1 aliphatic rings. The lowest BCUT2D eigenvalue weighted by Crippen LogP contribution is -2.47. The molecular weight excluding hydrogens is 256 g/mol. The zero-order valence-electron chi connectivity index (χ0n) is 12.0. The van der Waals surface area contributed by atoms with E-state index in [4.69, 9.17) is 0 Å². The molecule has 0 spiro atoms. The molecule has 1 N–H and O–H groups in total. The summed E-state index contributed by atoms with van der Waals surface area (Å²) in [6.07, 6.45) is 0. The van der Waals surface area contributed by atoms with E-state index >= 15 is 0 Å². The lowest BCUT2D eigenvalue weighted by molar-refractivity contribution is -0.128. The molecule has 2 rings (SSSR count). The van der Waals surface area contributed by atoms with Crippen molar-refractivity contribution in [2.75, 3.05) is 31.9 Å². The summed E-state index contributed by atoms with van der Waals surface area (Å²) in [6, 6.07) is 4.40. The molecular formula is C15H22N2OS. The molecule has 0 aliphatic carbocycles. The average molecular weight is 278 g/mol. The van der Waals surface area contributed by atoms with E-state index in [9.17, 15) is 4.79 Å². The maximum atomic E-state index is 12.1. The molecule has 1 aromatic rings. The van der Waals surface area contributed by atoms with Crippen LogP contribution in [0.1, 0.15) is 16.7 Å². The molecule has 0 atom stereocenters. The summed E-state index contributed by atoms with van der Waals surface area (Å²) in [5.74, 6) is 0.799. The maximum absolute atomic E-state index is 12.1. The minimum Gasteiger partial charge on any atom is -0.339 e. The van der Waals surface area contributed by atoms with Gasteiger partial charge in [-0.05, 0) is 43.5 Å². The van der Waals surface area contributed by atoms with Gasteiger partial charge in [0.05, 0.1) is 5.75 Å². The third-order valence-electron chi connectivity index (χ3n) is 3.61. The van der Waals surface area contributed by atoms with Gasteiger partial charge in [-0.1, -0.05) is 6.07 Å². The van der Waals surface area contributed by atoms with Crippen LogP contribution in [0.4, 0.5) is 0 Å². The summed E-state index contributed by atoms with van der Waals surface area (Å²) in [5.41, 5.74) is 3.87. The first-order valence-electron chi connectivity index (χ1n) is 6.77. The minimum absolute atomic E-state index is 0.254. The SMILES string of the molecule is Cc1cc(C)c(SCC(=O)N2CCNCC2)cc1C. The number of amides is 1. The maximum Gasteiger partial charge on any atom is 0.233 e. The molecule has 0 aromatic heterocycles. The van der Waals surface area contributed by atoms with Crippen molar-refractivity contribution < 1.29 is 4.79 Å². The summed E-state index contributed by atoms with van der Waals surface area (Å²) >= 11 is 1.66. The number of hydrogen-bond acceptors (Lipinski definition) is 3. The topological polar surface area (TPSA) is 32.3 Å². The van der Waals surface area contributed by atoms with E-state index in [2.05, 4.69) is 38.2 Å². The lowest BCUT2D eigenvalue weighted by Gasteiger charge is -2.27. The van der Waals surface area contributed by atoms with Crippen molar-refractivity contribution in [3.63, 3.8) is 0 Å². The number of carbonyl (C=O) groups is 1. The Morgan fingerprint density at radius 1 is 1.16 bits per heavy atom. The molecule has 1 saturated heterocycles. The molecule has 1 aromatic carbocycles. The van der Waals surface area contributed by atoms with Gasteiger partial charge < -0.3 is 10.2 Å². The number of piperazine rings is 1. The minimum atomic E-state index is 0.254. The van der Waals surface area contributed by atoms with Crippen LogP contribution in [-0.4, -0.2) is 42.7 Å². The van der Waals surface area contributed by atoms with Crippen LogP contribution in [-0.2, 0) is 4.79 Å². The van der Waals surface area contributed by atoms with E-state index in [0.717, 1.165) is 26.2 Å². The van der Waals surface area contributed by atoms with Crippen LogP contribution in [0.15, 0.2) is 17.0 Å². The van der Waals surface area contributed by atoms with Crippen molar-refractivity contribution in [2.24, 2.45) is 0 Å². The second-order valence-electron chi connectivity index (χ2n) is 5.12. The molecule has 104 valence electrons. The van der Waals surface area contributed by atoms with E-state index in [1.54, 1.807) is 11.8 Å². The second kappa shape index (κ2) is 6.44. The smallest absolute Gasteiger partial charge is 0.233 e. The summed E-state index contributed by atoms with van der Waals surface area (Å²) in [4.78, 5) is 15.3. The van der Waals surface area contributed by atoms with Gasteiger partial charge in [-0.3, -0.25) is 4.79 Å². The Balaban J connectivity index is 1.94. The lowest BCUT2D eigenvalue weighted by atomic mass is 10.1. The number of carbonyl (C=O) groups excluding carboxylic acids is 1. The molecule has 1 heterocycles. The molecule has 3 nitrogen and oxygen atoms in total. The number of rotatable bonds is 3. The van der Waals surface area contributed by atoms with Crippen LogP contribution in [0.2, 0.25) is 0 Å². The van der Waals surface area contributed by atoms with Gasteiger partial charge in [0.1, 0.15) is 0 Å². The largest absolute Gasteiger partial charge is 0.339 e. The number of nitrogens with one attached hydrogen (secondary N) is 1. The van der Waals surface area contributed by atoms with Crippen LogP contribution in [0.3, 0.4) is 0 Å². The van der Waals surface area contributed by atoms with Gasteiger partial charge in [-0.25, -0.2) is 0 Å². The van der Waals surface area contributed by atoms with Crippen LogP contribution in [0.5, 0.6) is 0 Å². The van der Waals surface area contributed by atoms with Crippen LogP contribution >= 0.6 is 11.8 Å². The Bertz CT molecular complexity index is 467. The Labute approximate surface area is 119 Å². The Kier molecular flexibility index (Phi) is 4.88. The third-order valence-corrected chi connectivity index (χ3v) is 4.75. The highest BCUT2D eigenvalue weighted by molar-refractivity contribution is 8.00. The molecule has 1 aliphatic heterocycles. The predicted molar refractivity (Wildman–Crippen MR) is 80.8 cm³/mol. The second-order valence-corrected chi connectivity index (χ2v) is 6.14. The van der Waals surface area contributed by atoms with Crippen molar-refractivity contribution in [3.05, 3.63) is 28.8 Å². The first kappa shape index (κ1) is 14.4. The van der Waals surface area contributed by atoms with Gasteiger partial charge in [0.2, 0.25) is 5.91 Å². The molecule has 1 fully saturated rings. The fraction of sp³-hybridized carbons (Fsp3) is 0.533. The van der Waals surface area contributed by atoms with E-state index in [1.807, 2.05) is 4.90 Å². The number of hydrogen-bond donors (Lipinski definition) is 1. The van der Waals surface area contributed by atoms with E-state index in [0.29, 0.717) is 5.75 Å². The molecule has 0 radical (unpaired) electrons. The first-order valence-corrected chi connectivity index (χ1v) is 7.75. The van der Waals surface area contributed by atoms with Crippen molar-refractivity contribution in [1.82, 2.24) is 10.2 Å². The van der Waals surface area contributed by atoms with E-state index in [-0.39, 0.29) is 5.91 Å². The van der Waals surface area contributed by atoms with E-state index < -0.39 is 0 Å². The van der Waals surface area contributed by atoms with Crippen LogP contribution in [0.25, 0.3) is 0 Å². The van der Waals surface area contributed by atoms with Gasteiger partial charge in [-0.15, -0.1) is 11.8 Å². The Morgan fingerprint density at radius 3 is 2.47 bits per heavy atom. The molecule has 0 unspecified atom stereocenters. The highest BCUT2D eigenvalue weighted by Gasteiger charge is 2.16. The number of benzene rings is 1. The molecule has 1 amide bonds. The zero-order chi connectivity index (χ0) is 13.8. The predicted octanol–water partition coefficient (Wildman–Crippen LogP) is 2.14. The van der Waals surface area contributed by atoms with Crippen LogP contribution < -0.4 is 5.32 Å². The Hall–Kier alpha value is -1.00. The summed E-state index contributed by atoms with van der Waals surface area (Å²) in [5, 5.41) is 3.27. The quantitative estimate of drug-likeness (QED) is 0.860. The molecule has 19 heavy (non-hydrogen) atoms. The highest BCUT2D eigenvalue weighted by atomic mass is 32.2. The number of aryl methyl sites for hydroxylation is 3. The monoisotopic (exact) mass is 278 g/mol. The van der Waals surface area contributed by atoms with Crippen molar-refractivity contribution >= 4 is 17.7 Å². The van der Waals surface area contributed by atoms with Gasteiger partial charge in [0.25, 0.3) is 0 Å². The molecule has 0 bridgehead atoms.